The van der Waals surface area contributed by atoms with Crippen LogP contribution in [0.3, 0.4) is 0 Å². The molecule has 0 bridgehead atoms. The van der Waals surface area contributed by atoms with Gasteiger partial charge in [-0.25, -0.2) is 0 Å². The summed E-state index contributed by atoms with van der Waals surface area (Å²) in [6.45, 7) is 6.97. The molecule has 0 saturated heterocycles. The summed E-state index contributed by atoms with van der Waals surface area (Å²) in [5.74, 6) is 0.709. The first-order chi connectivity index (χ1) is 7.58. The van der Waals surface area contributed by atoms with Crippen molar-refractivity contribution in [3.63, 3.8) is 0 Å². The first-order valence-corrected chi connectivity index (χ1v) is 5.84. The number of nitrogens with one attached hydrogen (secondary N) is 1. The fourth-order valence-corrected chi connectivity index (χ4v) is 1.50. The van der Waals surface area contributed by atoms with Crippen LogP contribution in [-0.2, 0) is 11.3 Å². The molecule has 0 aromatic carbocycles. The summed E-state index contributed by atoms with van der Waals surface area (Å²) < 4.78 is 1.83. The third-order valence-electron chi connectivity index (χ3n) is 2.38. The number of carbonyl (C=O) groups excluding carboxylic acids is 1. The van der Waals surface area contributed by atoms with E-state index in [0.717, 1.165) is 13.0 Å². The molecule has 0 aliphatic carbocycles. The van der Waals surface area contributed by atoms with E-state index in [1.807, 2.05) is 23.9 Å². The minimum Gasteiger partial charge on any atom is -0.352 e. The molecular formula is C12H21N3O. The Hall–Kier alpha value is -1.32. The lowest BCUT2D eigenvalue weighted by Gasteiger charge is -2.14. The second kappa shape index (κ2) is 6.30. The van der Waals surface area contributed by atoms with Gasteiger partial charge in [0.15, 0.2) is 0 Å². The predicted molar refractivity (Wildman–Crippen MR) is 63.9 cm³/mol. The zero-order chi connectivity index (χ0) is 12.0. The molecule has 1 rings (SSSR count). The first kappa shape index (κ1) is 12.7. The summed E-state index contributed by atoms with van der Waals surface area (Å²) in [5, 5.41) is 7.08. The smallest absolute Gasteiger partial charge is 0.220 e. The Morgan fingerprint density at radius 2 is 2.19 bits per heavy atom. The van der Waals surface area contributed by atoms with Gasteiger partial charge in [-0.3, -0.25) is 9.48 Å². The van der Waals surface area contributed by atoms with Gasteiger partial charge in [0, 0.05) is 24.9 Å². The van der Waals surface area contributed by atoms with Gasteiger partial charge in [-0.2, -0.15) is 5.10 Å². The molecule has 1 unspecified atom stereocenters. The van der Waals surface area contributed by atoms with Crippen molar-refractivity contribution in [2.45, 2.75) is 46.2 Å². The van der Waals surface area contributed by atoms with Crippen molar-refractivity contribution in [2.75, 3.05) is 0 Å². The maximum absolute atomic E-state index is 11.5. The van der Waals surface area contributed by atoms with Gasteiger partial charge < -0.3 is 5.32 Å². The Bertz CT molecular complexity index is 306. The number of hydrogen-bond donors (Lipinski definition) is 1. The topological polar surface area (TPSA) is 46.9 Å². The van der Waals surface area contributed by atoms with E-state index >= 15 is 0 Å². The molecule has 1 aromatic heterocycles. The average Bonchev–Trinajstić information content (AvgIpc) is 2.67. The van der Waals surface area contributed by atoms with Crippen LogP contribution in [0, 0.1) is 5.92 Å². The van der Waals surface area contributed by atoms with Crippen molar-refractivity contribution in [2.24, 2.45) is 5.92 Å². The molecule has 16 heavy (non-hydrogen) atoms. The summed E-state index contributed by atoms with van der Waals surface area (Å²) >= 11 is 0. The van der Waals surface area contributed by atoms with Gasteiger partial charge >= 0.3 is 0 Å². The molecule has 0 fully saturated rings. The lowest BCUT2D eigenvalue weighted by atomic mass is 10.1. The highest BCUT2D eigenvalue weighted by atomic mass is 16.1. The van der Waals surface area contributed by atoms with Crippen molar-refractivity contribution in [1.82, 2.24) is 15.1 Å². The fraction of sp³-hybridized carbons (Fsp3) is 0.667. The second-order valence-electron chi connectivity index (χ2n) is 4.63. The van der Waals surface area contributed by atoms with Crippen molar-refractivity contribution >= 4 is 5.91 Å². The van der Waals surface area contributed by atoms with E-state index in [1.165, 1.54) is 0 Å². The molecule has 1 aromatic rings. The van der Waals surface area contributed by atoms with Gasteiger partial charge in [0.25, 0.3) is 0 Å². The molecule has 4 heteroatoms. The van der Waals surface area contributed by atoms with Crippen LogP contribution in [0.5, 0.6) is 0 Å². The van der Waals surface area contributed by atoms with Gasteiger partial charge in [0.1, 0.15) is 0 Å². The standard InChI is InChI=1S/C12H21N3O/c1-10(2)5-6-12(16)14-11(3)9-15-8-4-7-13-15/h4,7-8,10-11H,5-6,9H2,1-3H3,(H,14,16). The summed E-state index contributed by atoms with van der Waals surface area (Å²) in [6, 6.07) is 2.01. The number of rotatable bonds is 6. The van der Waals surface area contributed by atoms with Crippen LogP contribution in [0.15, 0.2) is 18.5 Å². The highest BCUT2D eigenvalue weighted by molar-refractivity contribution is 5.76. The van der Waals surface area contributed by atoms with Crippen LogP contribution in [0.2, 0.25) is 0 Å². The largest absolute Gasteiger partial charge is 0.352 e. The van der Waals surface area contributed by atoms with E-state index in [9.17, 15) is 4.79 Å². The van der Waals surface area contributed by atoms with E-state index in [1.54, 1.807) is 6.20 Å². The van der Waals surface area contributed by atoms with Crippen LogP contribution < -0.4 is 5.32 Å². The lowest BCUT2D eigenvalue weighted by Crippen LogP contribution is -2.35. The third-order valence-corrected chi connectivity index (χ3v) is 2.38. The van der Waals surface area contributed by atoms with Gasteiger partial charge in [-0.1, -0.05) is 13.8 Å². The molecule has 1 amide bonds. The Kier molecular flexibility index (Phi) is 5.02. The Labute approximate surface area is 97.0 Å². The number of hydrogen-bond acceptors (Lipinski definition) is 2. The van der Waals surface area contributed by atoms with Gasteiger partial charge in [0.05, 0.1) is 6.54 Å². The van der Waals surface area contributed by atoms with Gasteiger partial charge in [-0.05, 0) is 25.3 Å². The van der Waals surface area contributed by atoms with E-state index < -0.39 is 0 Å². The lowest BCUT2D eigenvalue weighted by molar-refractivity contribution is -0.122. The van der Waals surface area contributed by atoms with Crippen molar-refractivity contribution in [3.8, 4) is 0 Å². The Morgan fingerprint density at radius 3 is 2.75 bits per heavy atom. The summed E-state index contributed by atoms with van der Waals surface area (Å²) in [4.78, 5) is 11.5. The molecule has 90 valence electrons. The molecule has 0 saturated carbocycles. The molecule has 0 aliphatic rings. The molecule has 0 aliphatic heterocycles. The van der Waals surface area contributed by atoms with Crippen LogP contribution in [0.25, 0.3) is 0 Å². The monoisotopic (exact) mass is 223 g/mol. The zero-order valence-electron chi connectivity index (χ0n) is 10.3. The Morgan fingerprint density at radius 1 is 1.44 bits per heavy atom. The zero-order valence-corrected chi connectivity index (χ0v) is 10.3. The van der Waals surface area contributed by atoms with Crippen LogP contribution >= 0.6 is 0 Å². The highest BCUT2D eigenvalue weighted by Gasteiger charge is 2.08. The van der Waals surface area contributed by atoms with Gasteiger partial charge in [0.2, 0.25) is 5.91 Å². The van der Waals surface area contributed by atoms with Crippen LogP contribution in [-0.4, -0.2) is 21.7 Å². The first-order valence-electron chi connectivity index (χ1n) is 5.84. The minimum atomic E-state index is 0.125. The van der Waals surface area contributed by atoms with Crippen molar-refractivity contribution < 1.29 is 4.79 Å². The van der Waals surface area contributed by atoms with Crippen LogP contribution in [0.1, 0.15) is 33.6 Å². The third kappa shape index (κ3) is 4.96. The minimum absolute atomic E-state index is 0.125. The van der Waals surface area contributed by atoms with E-state index in [4.69, 9.17) is 0 Å². The van der Waals surface area contributed by atoms with Crippen molar-refractivity contribution in [1.29, 1.82) is 0 Å². The molecule has 0 spiro atoms. The SMILES string of the molecule is CC(C)CCC(=O)NC(C)Cn1cccn1. The quantitative estimate of drug-likeness (QED) is 0.799. The number of aromatic nitrogens is 2. The molecule has 1 N–H and O–H groups in total. The molecule has 0 radical (unpaired) electrons. The molecule has 1 heterocycles. The summed E-state index contributed by atoms with van der Waals surface area (Å²) in [6.07, 6.45) is 5.20. The van der Waals surface area contributed by atoms with E-state index in [2.05, 4.69) is 24.3 Å². The molecular weight excluding hydrogens is 202 g/mol. The fourth-order valence-electron chi connectivity index (χ4n) is 1.50. The number of carbonyl (C=O) groups is 1. The average molecular weight is 223 g/mol. The predicted octanol–water partition coefficient (Wildman–Crippen LogP) is 1.82. The summed E-state index contributed by atoms with van der Waals surface area (Å²) in [7, 11) is 0. The second-order valence-corrected chi connectivity index (χ2v) is 4.63. The number of amides is 1. The molecule has 1 atom stereocenters. The van der Waals surface area contributed by atoms with Crippen LogP contribution in [0.4, 0.5) is 0 Å². The number of nitrogens with zero attached hydrogens (tertiary/aromatic N) is 2. The van der Waals surface area contributed by atoms with E-state index in [-0.39, 0.29) is 11.9 Å². The Balaban J connectivity index is 2.23. The van der Waals surface area contributed by atoms with Crippen molar-refractivity contribution in [3.05, 3.63) is 18.5 Å². The van der Waals surface area contributed by atoms with Gasteiger partial charge in [-0.15, -0.1) is 0 Å². The molecule has 4 nitrogen and oxygen atoms in total. The van der Waals surface area contributed by atoms with E-state index in [0.29, 0.717) is 12.3 Å². The summed E-state index contributed by atoms with van der Waals surface area (Å²) in [5.41, 5.74) is 0. The maximum Gasteiger partial charge on any atom is 0.220 e. The highest BCUT2D eigenvalue weighted by Crippen LogP contribution is 2.03. The maximum atomic E-state index is 11.5. The normalized spacial score (nSPS) is 12.8.